The van der Waals surface area contributed by atoms with Gasteiger partial charge in [-0.3, -0.25) is 0 Å². The van der Waals surface area contributed by atoms with E-state index in [1.54, 1.807) is 0 Å². The quantitative estimate of drug-likeness (QED) is 0.269. The SMILES string of the molecule is Cc1c2c(c(C)c3sccc13)-c1c3c(cc(C4CCCCC4)cc3cc[n+]1C)O2. The summed E-state index contributed by atoms with van der Waals surface area (Å²) >= 11 is 1.83. The number of ether oxygens (including phenoxy) is 1. The van der Waals surface area contributed by atoms with Crippen molar-refractivity contribution >= 4 is 32.2 Å². The summed E-state index contributed by atoms with van der Waals surface area (Å²) in [5, 5.41) is 6.10. The number of aromatic nitrogens is 1. The highest BCUT2D eigenvalue weighted by atomic mass is 32.1. The second-order valence-electron chi connectivity index (χ2n) is 8.81. The van der Waals surface area contributed by atoms with Crippen LogP contribution in [0.1, 0.15) is 54.7 Å². The normalized spacial score (nSPS) is 16.2. The Bertz CT molecular complexity index is 1290. The van der Waals surface area contributed by atoms with Gasteiger partial charge in [0.25, 0.3) is 0 Å². The predicted octanol–water partition coefficient (Wildman–Crippen LogP) is 7.32. The lowest BCUT2D eigenvalue weighted by Crippen LogP contribution is -2.32. The van der Waals surface area contributed by atoms with E-state index in [4.69, 9.17) is 4.74 Å². The van der Waals surface area contributed by atoms with Crippen molar-refractivity contribution in [2.75, 3.05) is 0 Å². The number of rotatable bonds is 1. The number of hydrogen-bond acceptors (Lipinski definition) is 2. The molecule has 2 nitrogen and oxygen atoms in total. The Morgan fingerprint density at radius 1 is 1.03 bits per heavy atom. The third-order valence-electron chi connectivity index (χ3n) is 7.10. The zero-order chi connectivity index (χ0) is 19.7. The summed E-state index contributed by atoms with van der Waals surface area (Å²) in [5.74, 6) is 2.76. The number of hydrogen-bond donors (Lipinski definition) is 0. The average molecular weight is 401 g/mol. The molecule has 2 aliphatic rings. The second-order valence-corrected chi connectivity index (χ2v) is 9.73. The average Bonchev–Trinajstić information content (AvgIpc) is 3.25. The minimum absolute atomic E-state index is 0.675. The second kappa shape index (κ2) is 6.30. The van der Waals surface area contributed by atoms with Crippen LogP contribution in [0.25, 0.3) is 32.1 Å². The smallest absolute Gasteiger partial charge is 0.228 e. The molecule has 4 aromatic rings. The van der Waals surface area contributed by atoms with Crippen LogP contribution in [0.3, 0.4) is 0 Å². The molecule has 0 atom stereocenters. The van der Waals surface area contributed by atoms with Crippen LogP contribution in [-0.4, -0.2) is 0 Å². The molecule has 0 amide bonds. The first kappa shape index (κ1) is 17.5. The summed E-state index contributed by atoms with van der Waals surface area (Å²) in [6.45, 7) is 4.46. The molecule has 0 N–H and O–H groups in total. The van der Waals surface area contributed by atoms with Gasteiger partial charge in [-0.2, -0.15) is 0 Å². The monoisotopic (exact) mass is 400 g/mol. The highest BCUT2D eigenvalue weighted by molar-refractivity contribution is 7.17. The lowest BCUT2D eigenvalue weighted by molar-refractivity contribution is -0.659. The molecule has 2 aromatic heterocycles. The van der Waals surface area contributed by atoms with E-state index >= 15 is 0 Å². The van der Waals surface area contributed by atoms with Crippen molar-refractivity contribution in [2.45, 2.75) is 51.9 Å². The third-order valence-corrected chi connectivity index (χ3v) is 8.13. The van der Waals surface area contributed by atoms with Gasteiger partial charge < -0.3 is 4.74 Å². The standard InChI is InChI=1S/C26H26NOS/c1-15-20-10-12-29-26(20)16(2)22-24-23-18(9-11-27(24)3)13-19(14-21(23)28-25(15)22)17-7-5-4-6-8-17/h9-14,17H,4-8H2,1-3H3/q+1. The molecule has 0 spiro atoms. The zero-order valence-corrected chi connectivity index (χ0v) is 18.2. The summed E-state index contributed by atoms with van der Waals surface area (Å²) in [7, 11) is 2.16. The molecule has 6 rings (SSSR count). The Hall–Kier alpha value is -2.39. The number of pyridine rings is 1. The van der Waals surface area contributed by atoms with Crippen LogP contribution in [0.4, 0.5) is 0 Å². The fourth-order valence-corrected chi connectivity index (χ4v) is 6.52. The molecular weight excluding hydrogens is 374 g/mol. The van der Waals surface area contributed by atoms with E-state index in [9.17, 15) is 0 Å². The van der Waals surface area contributed by atoms with Crippen LogP contribution in [0.2, 0.25) is 0 Å². The van der Waals surface area contributed by atoms with Crippen LogP contribution in [0.15, 0.2) is 35.8 Å². The molecule has 1 aliphatic carbocycles. The maximum atomic E-state index is 6.72. The number of benzene rings is 2. The number of aryl methyl sites for hydroxylation is 3. The summed E-state index contributed by atoms with van der Waals surface area (Å²) in [6.07, 6.45) is 8.92. The van der Waals surface area contributed by atoms with E-state index in [0.717, 1.165) is 11.5 Å². The predicted molar refractivity (Wildman–Crippen MR) is 121 cm³/mol. The van der Waals surface area contributed by atoms with E-state index in [0.29, 0.717) is 5.92 Å². The molecule has 3 heteroatoms. The maximum Gasteiger partial charge on any atom is 0.228 e. The van der Waals surface area contributed by atoms with Gasteiger partial charge in [0.2, 0.25) is 5.69 Å². The molecule has 1 saturated carbocycles. The van der Waals surface area contributed by atoms with Gasteiger partial charge in [0.05, 0.1) is 10.9 Å². The van der Waals surface area contributed by atoms with Gasteiger partial charge in [0.1, 0.15) is 18.5 Å². The van der Waals surface area contributed by atoms with Crippen LogP contribution < -0.4 is 9.30 Å². The van der Waals surface area contributed by atoms with Crippen molar-refractivity contribution in [3.63, 3.8) is 0 Å². The lowest BCUT2D eigenvalue weighted by Gasteiger charge is -2.26. The summed E-state index contributed by atoms with van der Waals surface area (Å²) < 4.78 is 10.4. The first-order valence-electron chi connectivity index (χ1n) is 10.8. The van der Waals surface area contributed by atoms with Crippen LogP contribution in [-0.2, 0) is 7.05 Å². The Morgan fingerprint density at radius 3 is 2.69 bits per heavy atom. The molecular formula is C26H26NOS+. The Balaban J connectivity index is 1.68. The van der Waals surface area contributed by atoms with E-state index in [1.165, 1.54) is 80.9 Å². The Kier molecular flexibility index (Phi) is 3.80. The van der Waals surface area contributed by atoms with E-state index in [-0.39, 0.29) is 0 Å². The number of thiophene rings is 1. The van der Waals surface area contributed by atoms with Gasteiger partial charge in [0, 0.05) is 16.3 Å². The molecule has 2 aromatic carbocycles. The molecule has 1 aliphatic heterocycles. The van der Waals surface area contributed by atoms with Gasteiger partial charge in [-0.1, -0.05) is 25.3 Å². The van der Waals surface area contributed by atoms with Crippen molar-refractivity contribution in [2.24, 2.45) is 7.05 Å². The Morgan fingerprint density at radius 2 is 1.86 bits per heavy atom. The molecule has 146 valence electrons. The molecule has 0 radical (unpaired) electrons. The topological polar surface area (TPSA) is 13.1 Å². The minimum atomic E-state index is 0.675. The van der Waals surface area contributed by atoms with E-state index in [2.05, 4.69) is 61.3 Å². The highest BCUT2D eigenvalue weighted by Gasteiger charge is 2.33. The third kappa shape index (κ3) is 2.43. The van der Waals surface area contributed by atoms with Gasteiger partial charge in [-0.15, -0.1) is 11.3 Å². The van der Waals surface area contributed by atoms with Gasteiger partial charge in [-0.25, -0.2) is 4.57 Å². The van der Waals surface area contributed by atoms with Crippen molar-refractivity contribution in [1.29, 1.82) is 0 Å². The number of fused-ring (bicyclic) bond motifs is 3. The molecule has 0 bridgehead atoms. The van der Waals surface area contributed by atoms with Crippen LogP contribution >= 0.6 is 11.3 Å². The van der Waals surface area contributed by atoms with Gasteiger partial charge >= 0.3 is 0 Å². The van der Waals surface area contributed by atoms with Crippen molar-refractivity contribution in [3.05, 3.63) is 52.5 Å². The largest absolute Gasteiger partial charge is 0.455 e. The molecule has 1 fully saturated rings. The van der Waals surface area contributed by atoms with E-state index in [1.807, 2.05) is 11.3 Å². The fraction of sp³-hybridized carbons (Fsp3) is 0.346. The zero-order valence-electron chi connectivity index (χ0n) is 17.3. The lowest BCUT2D eigenvalue weighted by atomic mass is 9.82. The molecule has 0 unspecified atom stereocenters. The van der Waals surface area contributed by atoms with Gasteiger partial charge in [0.15, 0.2) is 6.20 Å². The van der Waals surface area contributed by atoms with Crippen LogP contribution in [0.5, 0.6) is 11.5 Å². The minimum Gasteiger partial charge on any atom is -0.455 e. The van der Waals surface area contributed by atoms with Crippen molar-refractivity contribution in [1.82, 2.24) is 0 Å². The summed E-state index contributed by atoms with van der Waals surface area (Å²) in [5.41, 5.74) is 6.61. The summed E-state index contributed by atoms with van der Waals surface area (Å²) in [4.78, 5) is 0. The van der Waals surface area contributed by atoms with Crippen molar-refractivity contribution < 1.29 is 9.30 Å². The van der Waals surface area contributed by atoms with Crippen molar-refractivity contribution in [3.8, 4) is 22.8 Å². The molecule has 29 heavy (non-hydrogen) atoms. The molecule has 0 saturated heterocycles. The number of nitrogens with zero attached hydrogens (tertiary/aromatic N) is 1. The van der Waals surface area contributed by atoms with Crippen LogP contribution in [0, 0.1) is 13.8 Å². The maximum absolute atomic E-state index is 6.72. The molecule has 3 heterocycles. The summed E-state index contributed by atoms with van der Waals surface area (Å²) in [6, 6.07) is 9.27. The Labute approximate surface area is 175 Å². The fourth-order valence-electron chi connectivity index (χ4n) is 5.55. The van der Waals surface area contributed by atoms with Gasteiger partial charge in [-0.05, 0) is 72.0 Å². The first-order chi connectivity index (χ1) is 14.1. The highest BCUT2D eigenvalue weighted by Crippen LogP contribution is 2.52. The van der Waals surface area contributed by atoms with E-state index < -0.39 is 0 Å². The first-order valence-corrected chi connectivity index (χ1v) is 11.7.